The van der Waals surface area contributed by atoms with Crippen molar-refractivity contribution in [1.29, 1.82) is 0 Å². The maximum absolute atomic E-state index is 13.0. The minimum absolute atomic E-state index is 0.121. The van der Waals surface area contributed by atoms with Gasteiger partial charge >= 0.3 is 5.97 Å². The second kappa shape index (κ2) is 16.6. The van der Waals surface area contributed by atoms with E-state index >= 15 is 0 Å². The zero-order chi connectivity index (χ0) is 37.8. The van der Waals surface area contributed by atoms with E-state index in [1.165, 1.54) is 42.5 Å². The molecule has 0 spiro atoms. The SMILES string of the molecule is O=C(/C=C/c1ccc(O)c(O)c1)O[C@H]1[C@H](O[C@@H]2OC[C@](O)(CO[C@@H]3OC[C@](O)(CO)[C@H]3O)[C@H]2O)[C@@H](O)[C@H](OCCc2ccc(O)c(O)c2)O[C@@H]1CO. The molecule has 19 heteroatoms. The molecule has 3 heterocycles. The monoisotopic (exact) mass is 742 g/mol. The van der Waals surface area contributed by atoms with E-state index in [9.17, 15) is 61.0 Å². The number of ether oxygens (including phenoxy) is 7. The van der Waals surface area contributed by atoms with Crippen LogP contribution in [0.15, 0.2) is 42.5 Å². The molecule has 2 aromatic carbocycles. The highest BCUT2D eigenvalue weighted by Crippen LogP contribution is 2.35. The van der Waals surface area contributed by atoms with Crippen molar-refractivity contribution in [3.63, 3.8) is 0 Å². The van der Waals surface area contributed by atoms with Crippen LogP contribution in [0.2, 0.25) is 0 Å². The summed E-state index contributed by atoms with van der Waals surface area (Å²) in [5, 5.41) is 112. The molecule has 0 radical (unpaired) electrons. The molecule has 11 atom stereocenters. The first-order valence-electron chi connectivity index (χ1n) is 16.1. The standard InChI is InChI=1S/C33H42O19/c34-11-22-25(51-23(40)6-3-16-1-4-18(36)20(38)9-16)26(24(41)29(50-22)46-8-7-17-2-5-19(37)21(39)10-17)52-31-28(43)33(45,15-49-31)14-48-30-27(42)32(44,12-35)13-47-30/h1-6,9-10,22,24-31,34-39,41-45H,7-8,11-15H2/b6-3+/t22-,24-,25-,26-,27+,28+,29-,30+,31+,32-,33-/m1/s1. The molecule has 5 rings (SSSR count). The van der Waals surface area contributed by atoms with Gasteiger partial charge in [-0.3, -0.25) is 0 Å². The van der Waals surface area contributed by atoms with Gasteiger partial charge in [0.25, 0.3) is 0 Å². The Bertz CT molecular complexity index is 1560. The van der Waals surface area contributed by atoms with Gasteiger partial charge in [0.05, 0.1) is 39.6 Å². The van der Waals surface area contributed by atoms with Crippen molar-refractivity contribution < 1.29 is 94.1 Å². The minimum Gasteiger partial charge on any atom is -0.504 e. The largest absolute Gasteiger partial charge is 0.504 e. The summed E-state index contributed by atoms with van der Waals surface area (Å²) in [6.45, 7) is -3.55. The van der Waals surface area contributed by atoms with Crippen molar-refractivity contribution in [2.24, 2.45) is 0 Å². The smallest absolute Gasteiger partial charge is 0.331 e. The van der Waals surface area contributed by atoms with Crippen LogP contribution in [0, 0.1) is 0 Å². The van der Waals surface area contributed by atoms with Crippen molar-refractivity contribution >= 4 is 12.0 Å². The Hall–Kier alpha value is -3.67. The molecule has 0 amide bonds. The van der Waals surface area contributed by atoms with E-state index in [4.69, 9.17) is 33.2 Å². The zero-order valence-corrected chi connectivity index (χ0v) is 27.5. The van der Waals surface area contributed by atoms with E-state index < -0.39 is 111 Å². The van der Waals surface area contributed by atoms with Gasteiger partial charge in [0.2, 0.25) is 0 Å². The number of hydrogen-bond donors (Lipinski definition) is 11. The van der Waals surface area contributed by atoms with Crippen molar-refractivity contribution in [1.82, 2.24) is 0 Å². The number of phenolic OH excluding ortho intramolecular Hbond substituents is 4. The lowest BCUT2D eigenvalue weighted by atomic mass is 9.97. The Kier molecular flexibility index (Phi) is 12.6. The predicted octanol–water partition coefficient (Wildman–Crippen LogP) is -2.94. The van der Waals surface area contributed by atoms with E-state index in [1.54, 1.807) is 0 Å². The Morgan fingerprint density at radius 3 is 2.12 bits per heavy atom. The van der Waals surface area contributed by atoms with E-state index in [1.807, 2.05) is 0 Å². The molecule has 0 bridgehead atoms. The van der Waals surface area contributed by atoms with E-state index in [-0.39, 0.29) is 30.3 Å². The second-order valence-electron chi connectivity index (χ2n) is 12.7. The number of carbonyl (C=O) groups is 1. The van der Waals surface area contributed by atoms with Crippen molar-refractivity contribution in [2.45, 2.75) is 73.1 Å². The van der Waals surface area contributed by atoms with Crippen molar-refractivity contribution in [3.05, 3.63) is 53.6 Å². The molecule has 288 valence electrons. The van der Waals surface area contributed by atoms with E-state index in [0.717, 1.165) is 6.08 Å². The van der Waals surface area contributed by atoms with Gasteiger partial charge in [0, 0.05) is 6.08 Å². The number of aliphatic hydroxyl groups is 7. The molecule has 0 saturated carbocycles. The molecule has 3 aliphatic heterocycles. The first-order chi connectivity index (χ1) is 24.7. The van der Waals surface area contributed by atoms with Crippen LogP contribution < -0.4 is 0 Å². The molecule has 11 N–H and O–H groups in total. The highest BCUT2D eigenvalue weighted by molar-refractivity contribution is 5.87. The maximum Gasteiger partial charge on any atom is 0.331 e. The van der Waals surface area contributed by atoms with Crippen LogP contribution in [0.1, 0.15) is 11.1 Å². The van der Waals surface area contributed by atoms with Gasteiger partial charge in [-0.05, 0) is 47.9 Å². The van der Waals surface area contributed by atoms with Crippen LogP contribution in [0.5, 0.6) is 23.0 Å². The number of hydrogen-bond acceptors (Lipinski definition) is 19. The number of phenols is 4. The summed E-state index contributed by atoms with van der Waals surface area (Å²) in [6.07, 6.45) is -12.4. The number of carbonyl (C=O) groups excluding carboxylic acids is 1. The highest BCUT2D eigenvalue weighted by atomic mass is 16.8. The van der Waals surface area contributed by atoms with Crippen LogP contribution >= 0.6 is 0 Å². The molecular weight excluding hydrogens is 700 g/mol. The summed E-state index contributed by atoms with van der Waals surface area (Å²) >= 11 is 0. The fourth-order valence-electron chi connectivity index (χ4n) is 5.69. The molecule has 0 aliphatic carbocycles. The highest BCUT2D eigenvalue weighted by Gasteiger charge is 2.56. The minimum atomic E-state index is -2.20. The average Bonchev–Trinajstić information content (AvgIpc) is 3.57. The molecule has 19 nitrogen and oxygen atoms in total. The summed E-state index contributed by atoms with van der Waals surface area (Å²) in [7, 11) is 0. The van der Waals surface area contributed by atoms with Gasteiger partial charge in [0.1, 0.15) is 41.7 Å². The fourth-order valence-corrected chi connectivity index (χ4v) is 5.69. The van der Waals surface area contributed by atoms with E-state index in [2.05, 4.69) is 0 Å². The van der Waals surface area contributed by atoms with Crippen LogP contribution in [-0.4, -0.2) is 168 Å². The third kappa shape index (κ3) is 8.75. The number of rotatable bonds is 14. The first kappa shape index (κ1) is 39.5. The quantitative estimate of drug-likeness (QED) is 0.0524. The molecule has 0 aromatic heterocycles. The van der Waals surface area contributed by atoms with Gasteiger partial charge in [-0.1, -0.05) is 12.1 Å². The summed E-state index contributed by atoms with van der Waals surface area (Å²) in [4.78, 5) is 13.0. The summed E-state index contributed by atoms with van der Waals surface area (Å²) in [6, 6.07) is 7.87. The number of benzene rings is 2. The Balaban J connectivity index is 1.30. The number of esters is 1. The Morgan fingerprint density at radius 2 is 1.46 bits per heavy atom. The van der Waals surface area contributed by atoms with Crippen molar-refractivity contribution in [2.75, 3.05) is 39.6 Å². The number of aliphatic hydroxyl groups excluding tert-OH is 5. The van der Waals surface area contributed by atoms with Gasteiger partial charge in [0.15, 0.2) is 48.0 Å². The second-order valence-corrected chi connectivity index (χ2v) is 12.7. The summed E-state index contributed by atoms with van der Waals surface area (Å²) in [5.41, 5.74) is -3.36. The summed E-state index contributed by atoms with van der Waals surface area (Å²) in [5.74, 6) is -2.54. The molecule has 52 heavy (non-hydrogen) atoms. The lowest BCUT2D eigenvalue weighted by Gasteiger charge is -2.44. The topological polar surface area (TPSA) is 304 Å². The Labute approximate surface area is 295 Å². The predicted molar refractivity (Wildman–Crippen MR) is 169 cm³/mol. The van der Waals surface area contributed by atoms with Crippen LogP contribution in [0.3, 0.4) is 0 Å². The zero-order valence-electron chi connectivity index (χ0n) is 27.5. The summed E-state index contributed by atoms with van der Waals surface area (Å²) < 4.78 is 38.9. The fraction of sp³-hybridized carbons (Fsp3) is 0.545. The molecule has 2 aromatic rings. The molecule has 3 fully saturated rings. The van der Waals surface area contributed by atoms with Crippen molar-refractivity contribution in [3.8, 4) is 23.0 Å². The molecular formula is C33H42O19. The molecule has 3 aliphatic rings. The van der Waals surface area contributed by atoms with Gasteiger partial charge in [-0.25, -0.2) is 4.79 Å². The average molecular weight is 743 g/mol. The molecule has 3 saturated heterocycles. The third-order valence-electron chi connectivity index (χ3n) is 8.85. The van der Waals surface area contributed by atoms with E-state index in [0.29, 0.717) is 11.1 Å². The van der Waals surface area contributed by atoms with Gasteiger partial charge in [-0.15, -0.1) is 0 Å². The van der Waals surface area contributed by atoms with Gasteiger partial charge in [-0.2, -0.15) is 0 Å². The van der Waals surface area contributed by atoms with Crippen LogP contribution in [0.4, 0.5) is 0 Å². The Morgan fingerprint density at radius 1 is 0.808 bits per heavy atom. The lowest BCUT2D eigenvalue weighted by molar-refractivity contribution is -0.330. The van der Waals surface area contributed by atoms with Crippen LogP contribution in [-0.2, 0) is 44.4 Å². The van der Waals surface area contributed by atoms with Crippen LogP contribution in [0.25, 0.3) is 6.08 Å². The third-order valence-corrected chi connectivity index (χ3v) is 8.85. The van der Waals surface area contributed by atoms with Gasteiger partial charge < -0.3 is 89.3 Å². The first-order valence-corrected chi connectivity index (χ1v) is 16.1. The number of aromatic hydroxyl groups is 4. The normalized spacial score (nSPS) is 34.9. The lowest BCUT2D eigenvalue weighted by Crippen LogP contribution is -2.62. The molecule has 0 unspecified atom stereocenters. The maximum atomic E-state index is 13.0.